The number of amides is 1. The van der Waals surface area contributed by atoms with Crippen LogP contribution in [0, 0.1) is 25.7 Å². The number of anilines is 3. The minimum Gasteiger partial charge on any atom is -0.383 e. The molecule has 10 nitrogen and oxygen atoms in total. The van der Waals surface area contributed by atoms with Crippen LogP contribution in [0.4, 0.5) is 17.3 Å². The lowest BCUT2D eigenvalue weighted by Crippen LogP contribution is -2.43. The Morgan fingerprint density at radius 2 is 1.74 bits per heavy atom. The Kier molecular flexibility index (Phi) is 9.79. The molecule has 1 amide bonds. The van der Waals surface area contributed by atoms with E-state index in [-0.39, 0.29) is 5.91 Å². The minimum atomic E-state index is -0.172. The first kappa shape index (κ1) is 29.9. The largest absolute Gasteiger partial charge is 0.383 e. The zero-order chi connectivity index (χ0) is 30.2. The number of aromatic nitrogens is 4. The summed E-state index contributed by atoms with van der Waals surface area (Å²) in [6.45, 7) is 10.4. The van der Waals surface area contributed by atoms with Crippen molar-refractivity contribution in [1.29, 1.82) is 0 Å². The molecule has 0 aliphatic carbocycles. The highest BCUT2D eigenvalue weighted by atomic mass is 16.5. The number of hydrogen-bond acceptors (Lipinski definition) is 8. The zero-order valence-corrected chi connectivity index (χ0v) is 25.2. The quantitative estimate of drug-likeness (QED) is 0.287. The maximum absolute atomic E-state index is 13.0. The van der Waals surface area contributed by atoms with E-state index in [9.17, 15) is 4.79 Å². The van der Waals surface area contributed by atoms with E-state index in [0.717, 1.165) is 60.9 Å². The molecule has 0 unspecified atom stereocenters. The highest BCUT2D eigenvalue weighted by molar-refractivity contribution is 6.04. The van der Waals surface area contributed by atoms with Crippen molar-refractivity contribution in [2.24, 2.45) is 0 Å². The summed E-state index contributed by atoms with van der Waals surface area (Å²) in [5.41, 5.74) is 6.67. The Morgan fingerprint density at radius 1 is 1.00 bits per heavy atom. The molecule has 0 spiro atoms. The van der Waals surface area contributed by atoms with E-state index in [1.807, 2.05) is 55.1 Å². The number of nitrogens with one attached hydrogen (secondary N) is 2. The van der Waals surface area contributed by atoms with Crippen LogP contribution in [0.15, 0.2) is 61.1 Å². The third-order valence-electron chi connectivity index (χ3n) is 7.42. The van der Waals surface area contributed by atoms with Gasteiger partial charge in [0.25, 0.3) is 5.91 Å². The van der Waals surface area contributed by atoms with Gasteiger partial charge < -0.3 is 20.3 Å². The number of likely N-dealkylation sites (N-methyl/N-ethyl adjacent to an activating group) is 1. The first-order valence-corrected chi connectivity index (χ1v) is 14.4. The van der Waals surface area contributed by atoms with Crippen LogP contribution in [0.5, 0.6) is 0 Å². The lowest BCUT2D eigenvalue weighted by molar-refractivity contribution is 0.102. The van der Waals surface area contributed by atoms with Crippen molar-refractivity contribution in [3.63, 3.8) is 0 Å². The van der Waals surface area contributed by atoms with E-state index in [4.69, 9.17) is 4.74 Å². The van der Waals surface area contributed by atoms with Gasteiger partial charge in [-0.1, -0.05) is 30.0 Å². The van der Waals surface area contributed by atoms with Gasteiger partial charge in [-0.05, 0) is 56.3 Å². The number of nitrogens with zero attached hydrogens (tertiary/aromatic N) is 6. The molecule has 3 heterocycles. The molecule has 1 aliphatic rings. The first-order valence-electron chi connectivity index (χ1n) is 14.4. The van der Waals surface area contributed by atoms with Crippen molar-refractivity contribution in [3.8, 4) is 11.8 Å². The average Bonchev–Trinajstić information content (AvgIpc) is 3.36. The summed E-state index contributed by atoms with van der Waals surface area (Å²) in [6.07, 6.45) is 5.25. The summed E-state index contributed by atoms with van der Waals surface area (Å²) in [4.78, 5) is 26.7. The number of benzene rings is 2. The van der Waals surface area contributed by atoms with Crippen LogP contribution >= 0.6 is 0 Å². The van der Waals surface area contributed by atoms with Gasteiger partial charge >= 0.3 is 0 Å². The maximum Gasteiger partial charge on any atom is 0.255 e. The van der Waals surface area contributed by atoms with Gasteiger partial charge in [0.05, 0.1) is 30.1 Å². The molecule has 0 atom stereocenters. The van der Waals surface area contributed by atoms with E-state index < -0.39 is 0 Å². The summed E-state index contributed by atoms with van der Waals surface area (Å²) < 4.78 is 6.94. The molecule has 5 rings (SSSR count). The lowest BCUT2D eigenvalue weighted by Gasteiger charge is -2.32. The molecule has 2 N–H and O–H groups in total. The second kappa shape index (κ2) is 14.1. The van der Waals surface area contributed by atoms with Gasteiger partial charge in [-0.2, -0.15) is 5.10 Å². The number of piperazine rings is 1. The van der Waals surface area contributed by atoms with Crippen LogP contribution in [-0.4, -0.2) is 82.4 Å². The Labute approximate surface area is 253 Å². The molecule has 1 fully saturated rings. The summed E-state index contributed by atoms with van der Waals surface area (Å²) in [7, 11) is 3.83. The maximum atomic E-state index is 13.0. The molecule has 1 aliphatic heterocycles. The molecule has 1 saturated heterocycles. The highest BCUT2D eigenvalue weighted by Crippen LogP contribution is 2.18. The molecule has 4 aromatic rings. The van der Waals surface area contributed by atoms with Crippen molar-refractivity contribution in [1.82, 2.24) is 29.5 Å². The molecule has 0 bridgehead atoms. The van der Waals surface area contributed by atoms with E-state index in [2.05, 4.69) is 66.5 Å². The van der Waals surface area contributed by atoms with Crippen LogP contribution in [0.3, 0.4) is 0 Å². The van der Waals surface area contributed by atoms with Crippen molar-refractivity contribution in [3.05, 3.63) is 94.6 Å². The predicted octanol–water partition coefficient (Wildman–Crippen LogP) is 4.08. The van der Waals surface area contributed by atoms with Crippen LogP contribution < -0.4 is 10.6 Å². The minimum absolute atomic E-state index is 0.172. The fourth-order valence-electron chi connectivity index (χ4n) is 4.72. The van der Waals surface area contributed by atoms with Gasteiger partial charge in [-0.15, -0.1) is 0 Å². The molecular weight excluding hydrogens is 540 g/mol. The van der Waals surface area contributed by atoms with Crippen molar-refractivity contribution < 1.29 is 9.53 Å². The number of methoxy groups -OCH3 is 1. The molecule has 10 heteroatoms. The molecule has 0 radical (unpaired) electrons. The number of carbonyl (C=O) groups is 1. The van der Waals surface area contributed by atoms with Gasteiger partial charge in [-0.3, -0.25) is 14.4 Å². The zero-order valence-electron chi connectivity index (χ0n) is 25.2. The molecule has 43 heavy (non-hydrogen) atoms. The Balaban J connectivity index is 1.19. The molecule has 0 saturated carbocycles. The van der Waals surface area contributed by atoms with Crippen LogP contribution in [0.25, 0.3) is 0 Å². The van der Waals surface area contributed by atoms with Gasteiger partial charge in [0.1, 0.15) is 0 Å². The monoisotopic (exact) mass is 578 g/mol. The lowest BCUT2D eigenvalue weighted by atomic mass is 10.0. The smallest absolute Gasteiger partial charge is 0.255 e. The second-order valence-electron chi connectivity index (χ2n) is 10.8. The standard InChI is InChI=1S/C33H38N8O2/c1-24-5-9-29(32(42)36-30-11-7-26(8-12-30)22-40-15-13-39(3)14-16-40)19-28(24)10-6-27-20-34-33(35-21-27)37-31-23-41(17-18-43-4)38-25(31)2/h5,7-9,11-12,19-21,23H,13-18,22H2,1-4H3,(H,36,42)(H,34,35,37). The third kappa shape index (κ3) is 8.26. The van der Waals surface area contributed by atoms with Crippen molar-refractivity contribution in [2.45, 2.75) is 26.9 Å². The molecule has 2 aromatic heterocycles. The molecule has 2 aromatic carbocycles. The number of rotatable bonds is 9. The number of aryl methyl sites for hydroxylation is 2. The van der Waals surface area contributed by atoms with Crippen LogP contribution in [-0.2, 0) is 17.8 Å². The number of ether oxygens (including phenoxy) is 1. The van der Waals surface area contributed by atoms with Gasteiger partial charge in [0.2, 0.25) is 5.95 Å². The first-order chi connectivity index (χ1) is 20.9. The average molecular weight is 579 g/mol. The fourth-order valence-corrected chi connectivity index (χ4v) is 4.72. The van der Waals surface area contributed by atoms with Crippen LogP contribution in [0.2, 0.25) is 0 Å². The third-order valence-corrected chi connectivity index (χ3v) is 7.42. The SMILES string of the molecule is COCCn1cc(Nc2ncc(C#Cc3cc(C(=O)Nc4ccc(CN5CCN(C)CC5)cc4)ccc3C)cn2)c(C)n1. The summed E-state index contributed by atoms with van der Waals surface area (Å²) >= 11 is 0. The fraction of sp³-hybridized carbons (Fsp3) is 0.333. The normalized spacial score (nSPS) is 13.8. The Hall–Kier alpha value is -4.56. The van der Waals surface area contributed by atoms with Gasteiger partial charge in [0.15, 0.2) is 0 Å². The number of hydrogen-bond donors (Lipinski definition) is 2. The topological polar surface area (TPSA) is 100 Å². The van der Waals surface area contributed by atoms with Crippen molar-refractivity contribution in [2.75, 3.05) is 57.6 Å². The van der Waals surface area contributed by atoms with Gasteiger partial charge in [-0.25, -0.2) is 9.97 Å². The Bertz CT molecular complexity index is 1590. The molecule has 222 valence electrons. The number of carbonyl (C=O) groups excluding carboxylic acids is 1. The Morgan fingerprint density at radius 3 is 2.47 bits per heavy atom. The van der Waals surface area contributed by atoms with E-state index in [1.54, 1.807) is 19.5 Å². The van der Waals surface area contributed by atoms with E-state index in [1.165, 1.54) is 5.56 Å². The van der Waals surface area contributed by atoms with E-state index in [0.29, 0.717) is 30.2 Å². The van der Waals surface area contributed by atoms with Crippen molar-refractivity contribution >= 4 is 23.2 Å². The highest BCUT2D eigenvalue weighted by Gasteiger charge is 2.14. The second-order valence-corrected chi connectivity index (χ2v) is 10.8. The van der Waals surface area contributed by atoms with E-state index >= 15 is 0 Å². The van der Waals surface area contributed by atoms with Crippen LogP contribution in [0.1, 0.15) is 38.3 Å². The summed E-state index contributed by atoms with van der Waals surface area (Å²) in [6, 6.07) is 13.6. The summed E-state index contributed by atoms with van der Waals surface area (Å²) in [5, 5.41) is 10.7. The molecular formula is C33H38N8O2. The predicted molar refractivity (Wildman–Crippen MR) is 168 cm³/mol. The summed E-state index contributed by atoms with van der Waals surface area (Å²) in [5.74, 6) is 6.58. The van der Waals surface area contributed by atoms with Gasteiger partial charge in [0, 0.05) is 75.2 Å².